The van der Waals surface area contributed by atoms with E-state index in [9.17, 15) is 9.59 Å². The summed E-state index contributed by atoms with van der Waals surface area (Å²) in [7, 11) is 3.00. The number of rotatable bonds is 5. The van der Waals surface area contributed by atoms with E-state index in [1.54, 1.807) is 6.07 Å². The van der Waals surface area contributed by atoms with Crippen molar-refractivity contribution in [1.82, 2.24) is 0 Å². The van der Waals surface area contributed by atoms with Gasteiger partial charge in [-0.15, -0.1) is 0 Å². The first-order valence-corrected chi connectivity index (χ1v) is 12.7. The summed E-state index contributed by atoms with van der Waals surface area (Å²) in [5, 5.41) is 0.216. The van der Waals surface area contributed by atoms with Gasteiger partial charge in [0.25, 0.3) is 0 Å². The number of benzene rings is 1. The van der Waals surface area contributed by atoms with E-state index in [4.69, 9.17) is 30.5 Å². The van der Waals surface area contributed by atoms with Gasteiger partial charge in [0.2, 0.25) is 11.4 Å². The zero-order chi connectivity index (χ0) is 23.8. The van der Waals surface area contributed by atoms with Crippen molar-refractivity contribution in [2.75, 3.05) is 20.8 Å². The fourth-order valence-corrected chi connectivity index (χ4v) is 8.20. The highest BCUT2D eigenvalue weighted by atomic mass is 35.5. The lowest BCUT2D eigenvalue weighted by molar-refractivity contribution is -0.121. The molecule has 6 aliphatic rings. The minimum absolute atomic E-state index is 0.0540. The number of hydrogen-bond acceptors (Lipinski definition) is 6. The van der Waals surface area contributed by atoms with Crippen LogP contribution in [0.4, 0.5) is 0 Å². The van der Waals surface area contributed by atoms with E-state index < -0.39 is 11.5 Å². The molecule has 1 spiro atoms. The van der Waals surface area contributed by atoms with Gasteiger partial charge in [0.1, 0.15) is 22.1 Å². The van der Waals surface area contributed by atoms with Crippen LogP contribution < -0.4 is 14.2 Å². The van der Waals surface area contributed by atoms with Gasteiger partial charge in [0.15, 0.2) is 17.3 Å². The molecule has 0 saturated heterocycles. The number of ether oxygens (including phenoxy) is 4. The average Bonchev–Trinajstić information content (AvgIpc) is 3.10. The molecule has 0 aromatic heterocycles. The topological polar surface area (TPSA) is 71.1 Å². The summed E-state index contributed by atoms with van der Waals surface area (Å²) >= 11 is 6.58. The molecular weight excluding hydrogens is 456 g/mol. The van der Waals surface area contributed by atoms with Crippen molar-refractivity contribution in [2.24, 2.45) is 29.1 Å². The van der Waals surface area contributed by atoms with Crippen LogP contribution in [0.15, 0.2) is 17.9 Å². The SMILES string of the molecule is COc1cc(OC)c2c(c1Cl)O[C@]1(C2=O)C(OCC23CC4CC(CC(C4)C2)C3)=CC(=O)C[C@H]1C. The average molecular weight is 487 g/mol. The third-order valence-electron chi connectivity index (χ3n) is 8.98. The molecule has 6 nitrogen and oxygen atoms in total. The summed E-state index contributed by atoms with van der Waals surface area (Å²) in [5.74, 6) is 2.85. The zero-order valence-corrected chi connectivity index (χ0v) is 20.7. The van der Waals surface area contributed by atoms with Crippen molar-refractivity contribution < 1.29 is 28.5 Å². The third-order valence-corrected chi connectivity index (χ3v) is 9.33. The number of fused-ring (bicyclic) bond motifs is 1. The third kappa shape index (κ3) is 3.06. The minimum Gasteiger partial charge on any atom is -0.496 e. The number of carbonyl (C=O) groups excluding carboxylic acids is 2. The van der Waals surface area contributed by atoms with Crippen LogP contribution in [-0.4, -0.2) is 38.0 Å². The highest BCUT2D eigenvalue weighted by Gasteiger charge is 2.61. The Hall–Kier alpha value is -2.21. The van der Waals surface area contributed by atoms with E-state index in [1.165, 1.54) is 58.8 Å². The van der Waals surface area contributed by atoms with Crippen molar-refractivity contribution >= 4 is 23.2 Å². The van der Waals surface area contributed by atoms with Crippen molar-refractivity contribution in [1.29, 1.82) is 0 Å². The first-order valence-electron chi connectivity index (χ1n) is 12.3. The van der Waals surface area contributed by atoms with Gasteiger partial charge >= 0.3 is 0 Å². The van der Waals surface area contributed by atoms with Gasteiger partial charge in [-0.1, -0.05) is 18.5 Å². The van der Waals surface area contributed by atoms with Gasteiger partial charge in [-0.05, 0) is 56.3 Å². The Kier molecular flexibility index (Phi) is 5.01. The fraction of sp³-hybridized carbons (Fsp3) is 0.630. The van der Waals surface area contributed by atoms with Crippen molar-refractivity contribution in [3.05, 3.63) is 28.5 Å². The van der Waals surface area contributed by atoms with E-state index >= 15 is 0 Å². The van der Waals surface area contributed by atoms with E-state index in [2.05, 4.69) is 0 Å². The highest BCUT2D eigenvalue weighted by Crippen LogP contribution is 2.61. The lowest BCUT2D eigenvalue weighted by Crippen LogP contribution is -2.53. The number of halogens is 1. The second-order valence-corrected chi connectivity index (χ2v) is 11.6. The van der Waals surface area contributed by atoms with Gasteiger partial charge in [0, 0.05) is 29.9 Å². The highest BCUT2D eigenvalue weighted by molar-refractivity contribution is 6.35. The molecule has 0 radical (unpaired) electrons. The molecule has 0 unspecified atom stereocenters. The fourth-order valence-electron chi connectivity index (χ4n) is 7.94. The Morgan fingerprint density at radius 1 is 1.03 bits per heavy atom. The summed E-state index contributed by atoms with van der Waals surface area (Å²) in [6.07, 6.45) is 9.23. The monoisotopic (exact) mass is 486 g/mol. The van der Waals surface area contributed by atoms with Crippen LogP contribution in [0, 0.1) is 29.1 Å². The molecule has 5 aliphatic carbocycles. The Morgan fingerprint density at radius 2 is 1.65 bits per heavy atom. The molecule has 4 bridgehead atoms. The van der Waals surface area contributed by atoms with Crippen LogP contribution in [0.1, 0.15) is 62.2 Å². The second-order valence-electron chi connectivity index (χ2n) is 11.3. The molecule has 182 valence electrons. The van der Waals surface area contributed by atoms with E-state index in [-0.39, 0.29) is 39.7 Å². The van der Waals surface area contributed by atoms with E-state index in [0.29, 0.717) is 23.9 Å². The molecule has 1 aromatic rings. The Balaban J connectivity index is 1.36. The molecule has 7 rings (SSSR count). The van der Waals surface area contributed by atoms with Crippen molar-refractivity contribution in [3.63, 3.8) is 0 Å². The van der Waals surface area contributed by atoms with Gasteiger partial charge in [-0.25, -0.2) is 0 Å². The Bertz CT molecular complexity index is 1070. The quantitative estimate of drug-likeness (QED) is 0.555. The molecule has 4 saturated carbocycles. The molecular formula is C27H31ClO6. The molecule has 4 fully saturated rings. The van der Waals surface area contributed by atoms with Crippen molar-refractivity contribution in [3.8, 4) is 17.2 Å². The van der Waals surface area contributed by atoms with Crippen LogP contribution in [0.25, 0.3) is 0 Å². The Labute approximate surface area is 204 Å². The van der Waals surface area contributed by atoms with Gasteiger partial charge < -0.3 is 18.9 Å². The number of methoxy groups -OCH3 is 2. The maximum Gasteiger partial charge on any atom is 0.231 e. The zero-order valence-electron chi connectivity index (χ0n) is 19.9. The van der Waals surface area contributed by atoms with Gasteiger partial charge in [-0.2, -0.15) is 0 Å². The number of carbonyl (C=O) groups is 2. The molecule has 2 atom stereocenters. The van der Waals surface area contributed by atoms with Crippen LogP contribution in [0.2, 0.25) is 5.02 Å². The number of hydrogen-bond donors (Lipinski definition) is 0. The van der Waals surface area contributed by atoms with Crippen LogP contribution in [-0.2, 0) is 9.53 Å². The summed E-state index contributed by atoms with van der Waals surface area (Å²) in [6.45, 7) is 2.38. The minimum atomic E-state index is -1.43. The number of ketones is 2. The molecule has 0 amide bonds. The summed E-state index contributed by atoms with van der Waals surface area (Å²) in [5.41, 5.74) is -1.02. The van der Waals surface area contributed by atoms with E-state index in [1.807, 2.05) is 6.92 Å². The van der Waals surface area contributed by atoms with Crippen LogP contribution in [0.3, 0.4) is 0 Å². The number of allylic oxidation sites excluding steroid dienone is 1. The molecule has 34 heavy (non-hydrogen) atoms. The second kappa shape index (κ2) is 7.64. The normalized spacial score (nSPS) is 37.5. The molecule has 7 heteroatoms. The molecule has 1 aliphatic heterocycles. The standard InChI is InChI=1S/C27H31ClO6/c1-14-4-18(29)8-21(33-13-26-10-15-5-16(11-26)7-17(6-15)12-26)27(14)25(30)22-19(31-2)9-20(32-3)23(28)24(22)34-27/h8-9,14-17H,4-7,10-13H2,1-3H3/t14-,15?,16?,17?,26?,27+/m1/s1. The molecule has 1 aromatic carbocycles. The van der Waals surface area contributed by atoms with Crippen molar-refractivity contribution in [2.45, 2.75) is 57.5 Å². The number of Topliss-reactive ketones (excluding diaryl/α,β-unsaturated/α-hetero) is 1. The summed E-state index contributed by atoms with van der Waals surface area (Å²) in [6, 6.07) is 1.60. The lowest BCUT2D eigenvalue weighted by atomic mass is 9.50. The predicted molar refractivity (Wildman–Crippen MR) is 126 cm³/mol. The maximum atomic E-state index is 14.0. The van der Waals surface area contributed by atoms with Gasteiger partial charge in [-0.3, -0.25) is 9.59 Å². The molecule has 0 N–H and O–H groups in total. The smallest absolute Gasteiger partial charge is 0.231 e. The van der Waals surface area contributed by atoms with Crippen LogP contribution in [0.5, 0.6) is 17.2 Å². The Morgan fingerprint density at radius 3 is 2.24 bits per heavy atom. The molecule has 1 heterocycles. The van der Waals surface area contributed by atoms with Gasteiger partial charge in [0.05, 0.1) is 20.8 Å². The lowest BCUT2D eigenvalue weighted by Gasteiger charge is -2.56. The predicted octanol–water partition coefficient (Wildman–Crippen LogP) is 5.40. The largest absolute Gasteiger partial charge is 0.496 e. The first kappa shape index (κ1) is 22.3. The summed E-state index contributed by atoms with van der Waals surface area (Å²) < 4.78 is 23.8. The maximum absolute atomic E-state index is 14.0. The van der Waals surface area contributed by atoms with Crippen LogP contribution >= 0.6 is 11.6 Å². The first-order chi connectivity index (χ1) is 16.3. The van der Waals surface area contributed by atoms with E-state index in [0.717, 1.165) is 17.8 Å². The summed E-state index contributed by atoms with van der Waals surface area (Å²) in [4.78, 5) is 26.6.